The monoisotopic (exact) mass is 233 g/mol. The van der Waals surface area contributed by atoms with Crippen LogP contribution in [0.4, 0.5) is 5.69 Å². The topological polar surface area (TPSA) is 40.5 Å². The lowest BCUT2D eigenvalue weighted by Gasteiger charge is -2.24. The van der Waals surface area contributed by atoms with E-state index in [1.165, 1.54) is 11.3 Å². The van der Waals surface area contributed by atoms with Gasteiger partial charge in [0.2, 0.25) is 0 Å². The van der Waals surface area contributed by atoms with Crippen LogP contribution in [0.5, 0.6) is 0 Å². The lowest BCUT2D eigenvalue weighted by atomic mass is 9.96. The van der Waals surface area contributed by atoms with Gasteiger partial charge in [0.1, 0.15) is 0 Å². The fourth-order valence-corrected chi connectivity index (χ4v) is 2.56. The zero-order chi connectivity index (χ0) is 12.4. The molecule has 0 saturated carbocycles. The van der Waals surface area contributed by atoms with E-state index in [-0.39, 0.29) is 6.42 Å². The molecule has 1 aliphatic rings. The van der Waals surface area contributed by atoms with E-state index in [0.29, 0.717) is 12.0 Å². The summed E-state index contributed by atoms with van der Waals surface area (Å²) in [4.78, 5) is 13.0. The molecule has 0 radical (unpaired) electrons. The van der Waals surface area contributed by atoms with Crippen molar-refractivity contribution in [2.75, 3.05) is 11.4 Å². The van der Waals surface area contributed by atoms with Gasteiger partial charge < -0.3 is 10.0 Å². The fourth-order valence-electron chi connectivity index (χ4n) is 2.56. The molecule has 0 spiro atoms. The van der Waals surface area contributed by atoms with E-state index in [2.05, 4.69) is 30.9 Å². The second-order valence-electron chi connectivity index (χ2n) is 4.93. The molecule has 0 saturated heterocycles. The van der Waals surface area contributed by atoms with Gasteiger partial charge in [-0.1, -0.05) is 18.2 Å². The van der Waals surface area contributed by atoms with E-state index in [0.717, 1.165) is 13.0 Å². The smallest absolute Gasteiger partial charge is 0.303 e. The van der Waals surface area contributed by atoms with E-state index in [9.17, 15) is 4.79 Å². The van der Waals surface area contributed by atoms with Gasteiger partial charge in [0.25, 0.3) is 0 Å². The Hall–Kier alpha value is -1.51. The summed E-state index contributed by atoms with van der Waals surface area (Å²) >= 11 is 0. The summed E-state index contributed by atoms with van der Waals surface area (Å²) in [6.07, 6.45) is 0.987. The van der Waals surface area contributed by atoms with Crippen LogP contribution >= 0.6 is 0 Å². The van der Waals surface area contributed by atoms with Crippen molar-refractivity contribution in [3.8, 4) is 0 Å². The number of benzene rings is 1. The van der Waals surface area contributed by atoms with Crippen LogP contribution in [0.3, 0.4) is 0 Å². The Kier molecular flexibility index (Phi) is 3.36. The minimum atomic E-state index is -0.703. The number of anilines is 1. The predicted octanol–water partition coefficient (Wildman–Crippen LogP) is 2.86. The summed E-state index contributed by atoms with van der Waals surface area (Å²) in [5.41, 5.74) is 2.58. The normalized spacial score (nSPS) is 18.5. The Morgan fingerprint density at radius 3 is 2.82 bits per heavy atom. The molecule has 0 amide bonds. The van der Waals surface area contributed by atoms with Crippen LogP contribution < -0.4 is 4.90 Å². The van der Waals surface area contributed by atoms with Crippen molar-refractivity contribution >= 4 is 11.7 Å². The minimum Gasteiger partial charge on any atom is -0.481 e. The van der Waals surface area contributed by atoms with Crippen molar-refractivity contribution < 1.29 is 9.90 Å². The quantitative estimate of drug-likeness (QED) is 0.869. The SMILES string of the molecule is CC(C)N1CC(CCC(=O)O)c2ccccc21. The van der Waals surface area contributed by atoms with E-state index in [1.54, 1.807) is 0 Å². The highest BCUT2D eigenvalue weighted by atomic mass is 16.4. The summed E-state index contributed by atoms with van der Waals surface area (Å²) in [5.74, 6) is -0.338. The fraction of sp³-hybridized carbons (Fsp3) is 0.500. The molecule has 1 heterocycles. The minimum absolute atomic E-state index is 0.255. The molecule has 0 fully saturated rings. The van der Waals surface area contributed by atoms with Gasteiger partial charge in [-0.25, -0.2) is 0 Å². The average molecular weight is 233 g/mol. The molecule has 1 aliphatic heterocycles. The number of carbonyl (C=O) groups is 1. The number of rotatable bonds is 4. The van der Waals surface area contributed by atoms with Gasteiger partial charge in [-0.3, -0.25) is 4.79 Å². The van der Waals surface area contributed by atoms with Gasteiger partial charge in [0.15, 0.2) is 0 Å². The number of hydrogen-bond acceptors (Lipinski definition) is 2. The Morgan fingerprint density at radius 2 is 2.18 bits per heavy atom. The molecule has 17 heavy (non-hydrogen) atoms. The molecule has 1 N–H and O–H groups in total. The molecule has 1 atom stereocenters. The Bertz CT molecular complexity index is 414. The van der Waals surface area contributed by atoms with Crippen LogP contribution in [-0.2, 0) is 4.79 Å². The first kappa shape index (κ1) is 12.0. The first-order chi connectivity index (χ1) is 8.09. The highest BCUT2D eigenvalue weighted by Crippen LogP contribution is 2.39. The van der Waals surface area contributed by atoms with Gasteiger partial charge in [-0.05, 0) is 31.9 Å². The van der Waals surface area contributed by atoms with E-state index in [1.807, 2.05) is 12.1 Å². The van der Waals surface area contributed by atoms with Crippen molar-refractivity contribution in [2.45, 2.75) is 38.6 Å². The third-order valence-electron chi connectivity index (χ3n) is 3.43. The van der Waals surface area contributed by atoms with Crippen molar-refractivity contribution in [1.82, 2.24) is 0 Å². The Balaban J connectivity index is 2.19. The van der Waals surface area contributed by atoms with Gasteiger partial charge in [0, 0.05) is 30.6 Å². The zero-order valence-corrected chi connectivity index (χ0v) is 10.4. The maximum atomic E-state index is 10.7. The molecule has 1 aromatic rings. The highest BCUT2D eigenvalue weighted by molar-refractivity contribution is 5.67. The highest BCUT2D eigenvalue weighted by Gasteiger charge is 2.29. The second kappa shape index (κ2) is 4.78. The van der Waals surface area contributed by atoms with Crippen LogP contribution in [0, 0.1) is 0 Å². The van der Waals surface area contributed by atoms with E-state index in [4.69, 9.17) is 5.11 Å². The summed E-state index contributed by atoms with van der Waals surface area (Å²) in [5, 5.41) is 8.78. The van der Waals surface area contributed by atoms with E-state index >= 15 is 0 Å². The Labute approximate surface area is 102 Å². The number of aliphatic carboxylic acids is 1. The lowest BCUT2D eigenvalue weighted by Crippen LogP contribution is -2.29. The Morgan fingerprint density at radius 1 is 1.47 bits per heavy atom. The molecule has 0 bridgehead atoms. The number of fused-ring (bicyclic) bond motifs is 1. The summed E-state index contributed by atoms with van der Waals surface area (Å²) in [7, 11) is 0. The first-order valence-corrected chi connectivity index (χ1v) is 6.17. The molecule has 2 rings (SSSR count). The maximum absolute atomic E-state index is 10.7. The number of carboxylic acid groups (broad SMARTS) is 1. The molecule has 3 nitrogen and oxygen atoms in total. The number of para-hydroxylation sites is 1. The summed E-state index contributed by atoms with van der Waals surface area (Å²) < 4.78 is 0. The summed E-state index contributed by atoms with van der Waals surface area (Å²) in [6, 6.07) is 8.82. The third kappa shape index (κ3) is 2.43. The second-order valence-corrected chi connectivity index (χ2v) is 4.93. The van der Waals surface area contributed by atoms with Crippen LogP contribution in [0.2, 0.25) is 0 Å². The standard InChI is InChI=1S/C14H19NO2/c1-10(2)15-9-11(7-8-14(16)17)12-5-3-4-6-13(12)15/h3-6,10-11H,7-9H2,1-2H3,(H,16,17). The molecular formula is C14H19NO2. The van der Waals surface area contributed by atoms with Gasteiger partial charge in [0.05, 0.1) is 0 Å². The largest absolute Gasteiger partial charge is 0.481 e. The van der Waals surface area contributed by atoms with Crippen molar-refractivity contribution in [3.05, 3.63) is 29.8 Å². The molecule has 3 heteroatoms. The number of carboxylic acids is 1. The van der Waals surface area contributed by atoms with Crippen molar-refractivity contribution in [2.24, 2.45) is 0 Å². The first-order valence-electron chi connectivity index (χ1n) is 6.17. The van der Waals surface area contributed by atoms with Gasteiger partial charge in [-0.2, -0.15) is 0 Å². The number of hydrogen-bond donors (Lipinski definition) is 1. The summed E-state index contributed by atoms with van der Waals surface area (Å²) in [6.45, 7) is 5.30. The molecule has 0 aromatic heterocycles. The number of nitrogens with zero attached hydrogens (tertiary/aromatic N) is 1. The van der Waals surface area contributed by atoms with E-state index < -0.39 is 5.97 Å². The molecule has 1 aromatic carbocycles. The van der Waals surface area contributed by atoms with Gasteiger partial charge in [-0.15, -0.1) is 0 Å². The molecular weight excluding hydrogens is 214 g/mol. The maximum Gasteiger partial charge on any atom is 0.303 e. The van der Waals surface area contributed by atoms with Crippen molar-refractivity contribution in [3.63, 3.8) is 0 Å². The lowest BCUT2D eigenvalue weighted by molar-refractivity contribution is -0.137. The average Bonchev–Trinajstić information content (AvgIpc) is 2.65. The van der Waals surface area contributed by atoms with Crippen molar-refractivity contribution in [1.29, 1.82) is 0 Å². The molecule has 1 unspecified atom stereocenters. The van der Waals surface area contributed by atoms with Crippen LogP contribution in [-0.4, -0.2) is 23.7 Å². The zero-order valence-electron chi connectivity index (χ0n) is 10.4. The van der Waals surface area contributed by atoms with Crippen LogP contribution in [0.1, 0.15) is 38.2 Å². The predicted molar refractivity (Wildman–Crippen MR) is 68.5 cm³/mol. The third-order valence-corrected chi connectivity index (χ3v) is 3.43. The van der Waals surface area contributed by atoms with Crippen LogP contribution in [0.15, 0.2) is 24.3 Å². The van der Waals surface area contributed by atoms with Gasteiger partial charge >= 0.3 is 5.97 Å². The molecule has 92 valence electrons. The van der Waals surface area contributed by atoms with Crippen LogP contribution in [0.25, 0.3) is 0 Å². The molecule has 0 aliphatic carbocycles.